The maximum absolute atomic E-state index is 12.2. The van der Waals surface area contributed by atoms with Crippen molar-refractivity contribution in [3.05, 3.63) is 76.5 Å². The SMILES string of the molecule is COc1ccccc1NC(=O)Nc1ccc(CC(=O)NCc2cccs2)cc1. The van der Waals surface area contributed by atoms with Gasteiger partial charge in [0.1, 0.15) is 5.75 Å². The lowest BCUT2D eigenvalue weighted by Crippen LogP contribution is -2.24. The standard InChI is InChI=1S/C21H21N3O3S/c1-27-19-7-3-2-6-18(19)24-21(26)23-16-10-8-15(9-11-16)13-20(25)22-14-17-5-4-12-28-17/h2-12H,13-14H2,1H3,(H,22,25)(H2,23,24,26). The largest absolute Gasteiger partial charge is 0.495 e. The van der Waals surface area contributed by atoms with Crippen LogP contribution >= 0.6 is 11.3 Å². The molecule has 0 atom stereocenters. The van der Waals surface area contributed by atoms with Crippen LogP contribution in [-0.4, -0.2) is 19.0 Å². The molecule has 0 spiro atoms. The Morgan fingerprint density at radius 3 is 2.46 bits per heavy atom. The molecule has 0 radical (unpaired) electrons. The monoisotopic (exact) mass is 395 g/mol. The van der Waals surface area contributed by atoms with Crippen molar-refractivity contribution in [2.24, 2.45) is 0 Å². The Bertz CT molecular complexity index is 924. The van der Waals surface area contributed by atoms with Gasteiger partial charge in [0.25, 0.3) is 0 Å². The fourth-order valence-corrected chi connectivity index (χ4v) is 3.23. The van der Waals surface area contributed by atoms with Crippen molar-refractivity contribution >= 4 is 34.6 Å². The third-order valence-electron chi connectivity index (χ3n) is 3.97. The van der Waals surface area contributed by atoms with Gasteiger partial charge in [-0.3, -0.25) is 4.79 Å². The van der Waals surface area contributed by atoms with Gasteiger partial charge in [0.05, 0.1) is 25.8 Å². The molecule has 6 nitrogen and oxygen atoms in total. The van der Waals surface area contributed by atoms with Crippen molar-refractivity contribution in [1.29, 1.82) is 0 Å². The average molecular weight is 395 g/mol. The van der Waals surface area contributed by atoms with Crippen molar-refractivity contribution < 1.29 is 14.3 Å². The highest BCUT2D eigenvalue weighted by Crippen LogP contribution is 2.23. The van der Waals surface area contributed by atoms with Crippen molar-refractivity contribution in [2.45, 2.75) is 13.0 Å². The number of urea groups is 1. The van der Waals surface area contributed by atoms with Crippen molar-refractivity contribution in [2.75, 3.05) is 17.7 Å². The molecular formula is C21H21N3O3S. The second kappa shape index (κ2) is 9.57. The smallest absolute Gasteiger partial charge is 0.323 e. The van der Waals surface area contributed by atoms with E-state index in [2.05, 4.69) is 16.0 Å². The number of carbonyl (C=O) groups excluding carboxylic acids is 2. The zero-order chi connectivity index (χ0) is 19.8. The number of para-hydroxylation sites is 2. The lowest BCUT2D eigenvalue weighted by atomic mass is 10.1. The molecule has 0 saturated heterocycles. The number of anilines is 2. The Balaban J connectivity index is 1.49. The van der Waals surface area contributed by atoms with E-state index < -0.39 is 0 Å². The van der Waals surface area contributed by atoms with Crippen LogP contribution in [0.5, 0.6) is 5.75 Å². The van der Waals surface area contributed by atoms with Gasteiger partial charge in [-0.15, -0.1) is 11.3 Å². The number of benzene rings is 2. The van der Waals surface area contributed by atoms with Gasteiger partial charge in [-0.05, 0) is 41.3 Å². The van der Waals surface area contributed by atoms with Crippen LogP contribution in [0, 0.1) is 0 Å². The molecule has 0 unspecified atom stereocenters. The Hall–Kier alpha value is -3.32. The molecule has 3 N–H and O–H groups in total. The van der Waals surface area contributed by atoms with Gasteiger partial charge >= 0.3 is 6.03 Å². The second-order valence-electron chi connectivity index (χ2n) is 6.01. The number of carbonyl (C=O) groups is 2. The molecule has 3 amide bonds. The number of hydrogen-bond donors (Lipinski definition) is 3. The van der Waals surface area contributed by atoms with Crippen LogP contribution in [0.2, 0.25) is 0 Å². The number of rotatable bonds is 7. The normalized spacial score (nSPS) is 10.2. The van der Waals surface area contributed by atoms with Crippen molar-refractivity contribution in [3.63, 3.8) is 0 Å². The summed E-state index contributed by atoms with van der Waals surface area (Å²) in [4.78, 5) is 25.3. The van der Waals surface area contributed by atoms with Crippen LogP contribution in [0.4, 0.5) is 16.2 Å². The first-order chi connectivity index (χ1) is 13.6. The third-order valence-corrected chi connectivity index (χ3v) is 4.85. The zero-order valence-electron chi connectivity index (χ0n) is 15.4. The molecule has 2 aromatic carbocycles. The van der Waals surface area contributed by atoms with Crippen LogP contribution in [0.15, 0.2) is 66.0 Å². The lowest BCUT2D eigenvalue weighted by molar-refractivity contribution is -0.120. The molecule has 1 heterocycles. The number of hydrogen-bond acceptors (Lipinski definition) is 4. The highest BCUT2D eigenvalue weighted by molar-refractivity contribution is 7.09. The van der Waals surface area contributed by atoms with Gasteiger partial charge in [0, 0.05) is 10.6 Å². The van der Waals surface area contributed by atoms with E-state index in [0.29, 0.717) is 30.1 Å². The van der Waals surface area contributed by atoms with Crippen molar-refractivity contribution in [1.82, 2.24) is 5.32 Å². The quantitative estimate of drug-likeness (QED) is 0.559. The average Bonchev–Trinajstić information content (AvgIpc) is 3.22. The fraction of sp³-hybridized carbons (Fsp3) is 0.143. The van der Waals surface area contributed by atoms with E-state index in [4.69, 9.17) is 4.74 Å². The number of amides is 3. The minimum atomic E-state index is -0.369. The van der Waals surface area contributed by atoms with Crippen LogP contribution in [0.3, 0.4) is 0 Å². The topological polar surface area (TPSA) is 79.5 Å². The molecule has 0 bridgehead atoms. The van der Waals surface area contributed by atoms with Gasteiger partial charge in [-0.2, -0.15) is 0 Å². The Kier molecular flexibility index (Phi) is 6.64. The molecule has 0 saturated carbocycles. The summed E-state index contributed by atoms with van der Waals surface area (Å²) < 4.78 is 5.21. The number of methoxy groups -OCH3 is 1. The second-order valence-corrected chi connectivity index (χ2v) is 7.04. The molecule has 0 aliphatic rings. The molecule has 28 heavy (non-hydrogen) atoms. The summed E-state index contributed by atoms with van der Waals surface area (Å²) in [6, 6.07) is 17.9. The van der Waals surface area contributed by atoms with Gasteiger partial charge in [-0.1, -0.05) is 30.3 Å². The van der Waals surface area contributed by atoms with Crippen LogP contribution in [-0.2, 0) is 17.8 Å². The van der Waals surface area contributed by atoms with Crippen molar-refractivity contribution in [3.8, 4) is 5.75 Å². The van der Waals surface area contributed by atoms with Crippen LogP contribution in [0.1, 0.15) is 10.4 Å². The van der Waals surface area contributed by atoms with Gasteiger partial charge in [0.2, 0.25) is 5.91 Å². The molecule has 144 valence electrons. The molecular weight excluding hydrogens is 374 g/mol. The van der Waals surface area contributed by atoms with E-state index in [1.165, 1.54) is 0 Å². The van der Waals surface area contributed by atoms with E-state index >= 15 is 0 Å². The van der Waals surface area contributed by atoms with Gasteiger partial charge < -0.3 is 20.7 Å². The summed E-state index contributed by atoms with van der Waals surface area (Å²) in [6.07, 6.45) is 0.291. The fourth-order valence-electron chi connectivity index (χ4n) is 2.59. The molecule has 0 fully saturated rings. The summed E-state index contributed by atoms with van der Waals surface area (Å²) in [5.74, 6) is 0.546. The summed E-state index contributed by atoms with van der Waals surface area (Å²) >= 11 is 1.61. The van der Waals surface area contributed by atoms with E-state index in [1.807, 2.05) is 41.8 Å². The summed E-state index contributed by atoms with van der Waals surface area (Å²) in [5.41, 5.74) is 2.09. The van der Waals surface area contributed by atoms with Crippen LogP contribution < -0.4 is 20.7 Å². The minimum Gasteiger partial charge on any atom is -0.495 e. The molecule has 3 rings (SSSR count). The molecule has 0 aliphatic heterocycles. The van der Waals surface area contributed by atoms with E-state index in [1.54, 1.807) is 42.7 Å². The van der Waals surface area contributed by atoms with E-state index in [0.717, 1.165) is 10.4 Å². The maximum atomic E-state index is 12.2. The molecule has 7 heteroatoms. The molecule has 1 aromatic heterocycles. The third kappa shape index (κ3) is 5.59. The zero-order valence-corrected chi connectivity index (χ0v) is 16.2. The Morgan fingerprint density at radius 2 is 1.75 bits per heavy atom. The molecule has 0 aliphatic carbocycles. The van der Waals surface area contributed by atoms with Crippen LogP contribution in [0.25, 0.3) is 0 Å². The first-order valence-corrected chi connectivity index (χ1v) is 9.61. The first-order valence-electron chi connectivity index (χ1n) is 8.73. The summed E-state index contributed by atoms with van der Waals surface area (Å²) in [5, 5.41) is 10.4. The Labute approximate surface area is 167 Å². The highest BCUT2D eigenvalue weighted by atomic mass is 32.1. The predicted octanol–water partition coefficient (Wildman–Crippen LogP) is 4.26. The maximum Gasteiger partial charge on any atom is 0.323 e. The van der Waals surface area contributed by atoms with E-state index in [-0.39, 0.29) is 11.9 Å². The highest BCUT2D eigenvalue weighted by Gasteiger charge is 2.08. The van der Waals surface area contributed by atoms with Gasteiger partial charge in [0.15, 0.2) is 0 Å². The van der Waals surface area contributed by atoms with E-state index in [9.17, 15) is 9.59 Å². The molecule has 3 aromatic rings. The minimum absolute atomic E-state index is 0.0389. The summed E-state index contributed by atoms with van der Waals surface area (Å²) in [7, 11) is 1.55. The van der Waals surface area contributed by atoms with Gasteiger partial charge in [-0.25, -0.2) is 4.79 Å². The number of thiophene rings is 1. The lowest BCUT2D eigenvalue weighted by Gasteiger charge is -2.11. The summed E-state index contributed by atoms with van der Waals surface area (Å²) in [6.45, 7) is 0.541. The Morgan fingerprint density at radius 1 is 0.964 bits per heavy atom. The first kappa shape index (κ1) is 19.4. The predicted molar refractivity (Wildman–Crippen MR) is 112 cm³/mol. The number of ether oxygens (including phenoxy) is 1. The number of nitrogens with one attached hydrogen (secondary N) is 3.